The van der Waals surface area contributed by atoms with Gasteiger partial charge in [-0.25, -0.2) is 9.37 Å². The van der Waals surface area contributed by atoms with Crippen LogP contribution in [0.5, 0.6) is 0 Å². The maximum atomic E-state index is 12.2. The summed E-state index contributed by atoms with van der Waals surface area (Å²) in [5.74, 6) is 0. The number of aryl methyl sites for hydroxylation is 1. The molecule has 14 heavy (non-hydrogen) atoms. The molecule has 1 aromatic rings. The summed E-state index contributed by atoms with van der Waals surface area (Å²) in [6.07, 6.45) is 7.19. The minimum absolute atomic E-state index is 0.323. The minimum atomic E-state index is -0.323. The van der Waals surface area contributed by atoms with E-state index >= 15 is 0 Å². The van der Waals surface area contributed by atoms with Gasteiger partial charge in [0, 0.05) is 12.2 Å². The molecule has 0 spiro atoms. The van der Waals surface area contributed by atoms with Gasteiger partial charge in [0.05, 0.1) is 18.6 Å². The van der Waals surface area contributed by atoms with Gasteiger partial charge < -0.3 is 9.88 Å². The standard InChI is InChI=1S/C10H16FN3/c11-4-6-14-8-12-7-10(14)9-3-1-2-5-13-9/h7-9,13H,1-6H2. The van der Waals surface area contributed by atoms with E-state index in [0.717, 1.165) is 18.7 Å². The molecule has 1 fully saturated rings. The van der Waals surface area contributed by atoms with Gasteiger partial charge in [-0.05, 0) is 19.4 Å². The predicted octanol–water partition coefficient (Wildman–Crippen LogP) is 1.67. The Hall–Kier alpha value is -0.900. The first-order chi connectivity index (χ1) is 6.92. The Bertz CT molecular complexity index is 279. The second-order valence-electron chi connectivity index (χ2n) is 3.70. The van der Waals surface area contributed by atoms with E-state index in [4.69, 9.17) is 0 Å². The van der Waals surface area contributed by atoms with Gasteiger partial charge >= 0.3 is 0 Å². The van der Waals surface area contributed by atoms with Gasteiger partial charge in [-0.15, -0.1) is 0 Å². The van der Waals surface area contributed by atoms with Gasteiger partial charge in [-0.2, -0.15) is 0 Å². The Morgan fingerprint density at radius 1 is 1.57 bits per heavy atom. The first-order valence-corrected chi connectivity index (χ1v) is 5.21. The van der Waals surface area contributed by atoms with E-state index in [0.29, 0.717) is 12.6 Å². The third kappa shape index (κ3) is 1.95. The Balaban J connectivity index is 2.09. The number of piperidine rings is 1. The molecule has 2 heterocycles. The van der Waals surface area contributed by atoms with Crippen LogP contribution in [0.25, 0.3) is 0 Å². The zero-order valence-corrected chi connectivity index (χ0v) is 8.25. The van der Waals surface area contributed by atoms with Crippen molar-refractivity contribution in [3.63, 3.8) is 0 Å². The molecular formula is C10H16FN3. The molecule has 0 aromatic carbocycles. The molecule has 1 aliphatic rings. The van der Waals surface area contributed by atoms with Gasteiger partial charge in [-0.1, -0.05) is 6.42 Å². The quantitative estimate of drug-likeness (QED) is 0.798. The summed E-state index contributed by atoms with van der Waals surface area (Å²) < 4.78 is 14.1. The highest BCUT2D eigenvalue weighted by Gasteiger charge is 2.17. The van der Waals surface area contributed by atoms with E-state index in [1.165, 1.54) is 12.8 Å². The van der Waals surface area contributed by atoms with Crippen LogP contribution in [-0.4, -0.2) is 22.8 Å². The second kappa shape index (κ2) is 4.55. The molecule has 0 aliphatic carbocycles. The molecule has 1 unspecified atom stereocenters. The predicted molar refractivity (Wildman–Crippen MR) is 52.8 cm³/mol. The molecule has 1 aliphatic heterocycles. The van der Waals surface area contributed by atoms with Crippen molar-refractivity contribution in [2.45, 2.75) is 31.8 Å². The highest BCUT2D eigenvalue weighted by Crippen LogP contribution is 2.22. The number of hydrogen-bond donors (Lipinski definition) is 1. The maximum Gasteiger partial charge on any atom is 0.107 e. The van der Waals surface area contributed by atoms with Crippen molar-refractivity contribution < 1.29 is 4.39 Å². The summed E-state index contributed by atoms with van der Waals surface area (Å²) in [4.78, 5) is 4.07. The number of rotatable bonds is 3. The summed E-state index contributed by atoms with van der Waals surface area (Å²) in [7, 11) is 0. The Labute approximate surface area is 83.3 Å². The van der Waals surface area contributed by atoms with Gasteiger partial charge in [0.1, 0.15) is 6.67 Å². The average molecular weight is 197 g/mol. The monoisotopic (exact) mass is 197 g/mol. The fraction of sp³-hybridized carbons (Fsp3) is 0.700. The third-order valence-electron chi connectivity index (χ3n) is 2.74. The van der Waals surface area contributed by atoms with Crippen molar-refractivity contribution >= 4 is 0 Å². The molecule has 3 nitrogen and oxygen atoms in total. The SMILES string of the molecule is FCCn1cncc1C1CCCCN1. The van der Waals surface area contributed by atoms with Crippen molar-refractivity contribution in [3.05, 3.63) is 18.2 Å². The lowest BCUT2D eigenvalue weighted by atomic mass is 10.0. The third-order valence-corrected chi connectivity index (χ3v) is 2.74. The van der Waals surface area contributed by atoms with Gasteiger partial charge in [0.15, 0.2) is 0 Å². The lowest BCUT2D eigenvalue weighted by Gasteiger charge is -2.24. The van der Waals surface area contributed by atoms with Crippen LogP contribution in [0.2, 0.25) is 0 Å². The Kier molecular flexibility index (Phi) is 3.14. The van der Waals surface area contributed by atoms with Crippen molar-refractivity contribution in [2.75, 3.05) is 13.2 Å². The molecule has 1 saturated heterocycles. The fourth-order valence-electron chi connectivity index (χ4n) is 2.00. The van der Waals surface area contributed by atoms with E-state index in [-0.39, 0.29) is 6.67 Å². The van der Waals surface area contributed by atoms with Crippen molar-refractivity contribution in [2.24, 2.45) is 0 Å². The smallest absolute Gasteiger partial charge is 0.107 e. The van der Waals surface area contributed by atoms with E-state index in [9.17, 15) is 4.39 Å². The molecular weight excluding hydrogens is 181 g/mol. The van der Waals surface area contributed by atoms with Gasteiger partial charge in [-0.3, -0.25) is 0 Å². The van der Waals surface area contributed by atoms with Gasteiger partial charge in [0.25, 0.3) is 0 Å². The first-order valence-electron chi connectivity index (χ1n) is 5.21. The fourth-order valence-corrected chi connectivity index (χ4v) is 2.00. The summed E-state index contributed by atoms with van der Waals surface area (Å²) in [5.41, 5.74) is 1.13. The van der Waals surface area contributed by atoms with Crippen molar-refractivity contribution in [3.8, 4) is 0 Å². The molecule has 1 N–H and O–H groups in total. The lowest BCUT2D eigenvalue weighted by molar-refractivity contribution is 0.379. The number of hydrogen-bond acceptors (Lipinski definition) is 2. The number of aromatic nitrogens is 2. The van der Waals surface area contributed by atoms with Crippen LogP contribution in [-0.2, 0) is 6.54 Å². The highest BCUT2D eigenvalue weighted by atomic mass is 19.1. The summed E-state index contributed by atoms with van der Waals surface area (Å²) >= 11 is 0. The number of alkyl halides is 1. The normalized spacial score (nSPS) is 22.5. The van der Waals surface area contributed by atoms with E-state index in [1.807, 2.05) is 10.8 Å². The summed E-state index contributed by atoms with van der Waals surface area (Å²) in [5, 5.41) is 3.44. The second-order valence-corrected chi connectivity index (χ2v) is 3.70. The molecule has 0 radical (unpaired) electrons. The molecule has 4 heteroatoms. The van der Waals surface area contributed by atoms with Crippen molar-refractivity contribution in [1.82, 2.24) is 14.9 Å². The van der Waals surface area contributed by atoms with Crippen LogP contribution in [0.4, 0.5) is 4.39 Å². The minimum Gasteiger partial charge on any atom is -0.331 e. The zero-order valence-electron chi connectivity index (χ0n) is 8.25. The molecule has 1 aromatic heterocycles. The van der Waals surface area contributed by atoms with Crippen LogP contribution >= 0.6 is 0 Å². The van der Waals surface area contributed by atoms with E-state index < -0.39 is 0 Å². The average Bonchev–Trinajstić information content (AvgIpc) is 2.68. The molecule has 78 valence electrons. The topological polar surface area (TPSA) is 29.9 Å². The van der Waals surface area contributed by atoms with E-state index in [2.05, 4.69) is 10.3 Å². The van der Waals surface area contributed by atoms with Crippen LogP contribution in [0.3, 0.4) is 0 Å². The summed E-state index contributed by atoms with van der Waals surface area (Å²) in [6.45, 7) is 1.16. The van der Waals surface area contributed by atoms with Crippen LogP contribution < -0.4 is 5.32 Å². The lowest BCUT2D eigenvalue weighted by Crippen LogP contribution is -2.28. The largest absolute Gasteiger partial charge is 0.331 e. The van der Waals surface area contributed by atoms with E-state index in [1.54, 1.807) is 6.33 Å². The van der Waals surface area contributed by atoms with Crippen LogP contribution in [0.1, 0.15) is 31.0 Å². The molecule has 1 atom stereocenters. The molecule has 0 saturated carbocycles. The molecule has 0 bridgehead atoms. The Morgan fingerprint density at radius 3 is 3.21 bits per heavy atom. The van der Waals surface area contributed by atoms with Crippen LogP contribution in [0.15, 0.2) is 12.5 Å². The highest BCUT2D eigenvalue weighted by molar-refractivity contribution is 5.06. The number of nitrogens with zero attached hydrogens (tertiary/aromatic N) is 2. The number of halogens is 1. The van der Waals surface area contributed by atoms with Gasteiger partial charge in [0.2, 0.25) is 0 Å². The molecule has 2 rings (SSSR count). The van der Waals surface area contributed by atoms with Crippen molar-refractivity contribution in [1.29, 1.82) is 0 Å². The van der Waals surface area contributed by atoms with Crippen LogP contribution in [0, 0.1) is 0 Å². The number of nitrogens with one attached hydrogen (secondary N) is 1. The molecule has 0 amide bonds. The first kappa shape index (κ1) is 9.65. The summed E-state index contributed by atoms with van der Waals surface area (Å²) in [6, 6.07) is 0.373. The zero-order chi connectivity index (χ0) is 9.80. The number of imidazole rings is 1. The Morgan fingerprint density at radius 2 is 2.50 bits per heavy atom. The maximum absolute atomic E-state index is 12.2.